The number of aromatic nitrogens is 1. The van der Waals surface area contributed by atoms with Gasteiger partial charge in [-0.25, -0.2) is 4.98 Å². The van der Waals surface area contributed by atoms with Crippen molar-refractivity contribution in [3.05, 3.63) is 23.9 Å². The van der Waals surface area contributed by atoms with Gasteiger partial charge in [0.25, 0.3) is 0 Å². The maximum absolute atomic E-state index is 11.8. The second kappa shape index (κ2) is 8.12. The van der Waals surface area contributed by atoms with Crippen molar-refractivity contribution in [2.75, 3.05) is 41.0 Å². The zero-order chi connectivity index (χ0) is 17.8. The third-order valence-electron chi connectivity index (χ3n) is 4.92. The number of hydrogen-bond acceptors (Lipinski definition) is 6. The van der Waals surface area contributed by atoms with Crippen molar-refractivity contribution in [1.29, 1.82) is 0 Å². The highest BCUT2D eigenvalue weighted by atomic mass is 16.5. The van der Waals surface area contributed by atoms with Crippen LogP contribution in [0.15, 0.2) is 18.3 Å². The summed E-state index contributed by atoms with van der Waals surface area (Å²) in [6.07, 6.45) is 3.79. The zero-order valence-electron chi connectivity index (χ0n) is 15.2. The number of hydrogen-bond donors (Lipinski definition) is 0. The lowest BCUT2D eigenvalue weighted by molar-refractivity contribution is -0.139. The number of rotatable bonds is 6. The smallest absolute Gasteiger partial charge is 0.248 e. The van der Waals surface area contributed by atoms with Gasteiger partial charge in [0.05, 0.1) is 13.2 Å². The molecule has 7 heteroatoms. The molecule has 3 heterocycles. The molecule has 0 N–H and O–H groups in total. The minimum Gasteiger partial charge on any atom is -0.481 e. The van der Waals surface area contributed by atoms with Gasteiger partial charge in [0.1, 0.15) is 12.7 Å². The van der Waals surface area contributed by atoms with Crippen LogP contribution in [-0.2, 0) is 20.8 Å². The van der Waals surface area contributed by atoms with E-state index in [0.29, 0.717) is 11.9 Å². The van der Waals surface area contributed by atoms with E-state index >= 15 is 0 Å². The van der Waals surface area contributed by atoms with Crippen LogP contribution in [0.2, 0.25) is 0 Å². The second-order valence-corrected chi connectivity index (χ2v) is 6.78. The molecule has 1 aromatic rings. The van der Waals surface area contributed by atoms with Crippen LogP contribution in [0.25, 0.3) is 0 Å². The van der Waals surface area contributed by atoms with Crippen molar-refractivity contribution in [2.45, 2.75) is 37.6 Å². The van der Waals surface area contributed by atoms with E-state index in [0.717, 1.165) is 38.1 Å². The second-order valence-electron chi connectivity index (χ2n) is 6.78. The van der Waals surface area contributed by atoms with Crippen molar-refractivity contribution in [2.24, 2.45) is 0 Å². The largest absolute Gasteiger partial charge is 0.481 e. The number of fused-ring (bicyclic) bond motifs is 1. The summed E-state index contributed by atoms with van der Waals surface area (Å²) < 4.78 is 17.3. The zero-order valence-corrected chi connectivity index (χ0v) is 15.2. The van der Waals surface area contributed by atoms with E-state index in [9.17, 15) is 4.79 Å². The first-order chi connectivity index (χ1) is 12.1. The van der Waals surface area contributed by atoms with Crippen molar-refractivity contribution in [3.63, 3.8) is 0 Å². The summed E-state index contributed by atoms with van der Waals surface area (Å²) in [6, 6.07) is 4.26. The maximum atomic E-state index is 11.8. The molecule has 0 aromatic carbocycles. The molecular weight excluding hydrogens is 322 g/mol. The predicted octanol–water partition coefficient (Wildman–Crippen LogP) is 0.927. The van der Waals surface area contributed by atoms with Crippen LogP contribution in [0.5, 0.6) is 5.88 Å². The standard InChI is InChI=1S/C18H27N3O4/c1-20(2)16(22)12-25-15-11-21(14-7-5-9-24-17(14)15)10-13-6-4-8-19-18(13)23-3/h4,6,8,14-15,17H,5,7,9-12H2,1-3H3/t14-,15-,17+/m1/s1. The number of methoxy groups -OCH3 is 1. The molecule has 3 rings (SSSR count). The lowest BCUT2D eigenvalue weighted by atomic mass is 10.0. The normalized spacial score (nSPS) is 26.3. The van der Waals surface area contributed by atoms with Gasteiger partial charge in [-0.1, -0.05) is 6.07 Å². The van der Waals surface area contributed by atoms with Gasteiger partial charge >= 0.3 is 0 Å². The summed E-state index contributed by atoms with van der Waals surface area (Å²) in [5.41, 5.74) is 1.05. The van der Waals surface area contributed by atoms with Crippen LogP contribution < -0.4 is 4.74 Å². The molecule has 2 saturated heterocycles. The van der Waals surface area contributed by atoms with Crippen molar-refractivity contribution >= 4 is 5.91 Å². The number of likely N-dealkylation sites (tertiary alicyclic amines) is 1. The summed E-state index contributed by atoms with van der Waals surface area (Å²) >= 11 is 0. The average Bonchev–Trinajstić information content (AvgIpc) is 2.98. The highest BCUT2D eigenvalue weighted by Gasteiger charge is 2.45. The fourth-order valence-electron chi connectivity index (χ4n) is 3.59. The molecule has 0 aliphatic carbocycles. The van der Waals surface area contributed by atoms with Gasteiger partial charge in [-0.15, -0.1) is 0 Å². The molecule has 0 saturated carbocycles. The van der Waals surface area contributed by atoms with Crippen LogP contribution in [-0.4, -0.2) is 79.9 Å². The third-order valence-corrected chi connectivity index (χ3v) is 4.92. The van der Waals surface area contributed by atoms with Crippen LogP contribution in [0.4, 0.5) is 0 Å². The first kappa shape index (κ1) is 18.1. The molecule has 3 atom stereocenters. The number of nitrogens with zero attached hydrogens (tertiary/aromatic N) is 3. The van der Waals surface area contributed by atoms with Gasteiger partial charge in [0, 0.05) is 51.6 Å². The highest BCUT2D eigenvalue weighted by Crippen LogP contribution is 2.32. The van der Waals surface area contributed by atoms with E-state index in [4.69, 9.17) is 14.2 Å². The lowest BCUT2D eigenvalue weighted by Gasteiger charge is -2.32. The van der Waals surface area contributed by atoms with Crippen LogP contribution >= 0.6 is 0 Å². The Kier molecular flexibility index (Phi) is 5.88. The van der Waals surface area contributed by atoms with Crippen molar-refractivity contribution in [1.82, 2.24) is 14.8 Å². The van der Waals surface area contributed by atoms with E-state index < -0.39 is 0 Å². The molecular formula is C18H27N3O4. The van der Waals surface area contributed by atoms with E-state index in [1.54, 1.807) is 32.3 Å². The molecule has 2 aliphatic rings. The SMILES string of the molecule is COc1ncccc1CN1C[C@@H](OCC(=O)N(C)C)[C@H]2OCCC[C@H]21. The fraction of sp³-hybridized carbons (Fsp3) is 0.667. The van der Waals surface area contributed by atoms with Gasteiger partial charge in [0.15, 0.2) is 0 Å². The molecule has 1 amide bonds. The van der Waals surface area contributed by atoms with E-state index in [1.807, 2.05) is 12.1 Å². The first-order valence-electron chi connectivity index (χ1n) is 8.75. The summed E-state index contributed by atoms with van der Waals surface area (Å²) in [5, 5.41) is 0. The quantitative estimate of drug-likeness (QED) is 0.761. The first-order valence-corrected chi connectivity index (χ1v) is 8.75. The summed E-state index contributed by atoms with van der Waals surface area (Å²) in [7, 11) is 5.11. The van der Waals surface area contributed by atoms with Crippen LogP contribution in [0.1, 0.15) is 18.4 Å². The number of amides is 1. The van der Waals surface area contributed by atoms with E-state index in [-0.39, 0.29) is 24.7 Å². The van der Waals surface area contributed by atoms with E-state index in [1.165, 1.54) is 0 Å². The monoisotopic (exact) mass is 349 g/mol. The number of ether oxygens (including phenoxy) is 3. The highest BCUT2D eigenvalue weighted by molar-refractivity contribution is 5.76. The maximum Gasteiger partial charge on any atom is 0.248 e. The number of likely N-dealkylation sites (N-methyl/N-ethyl adjacent to an activating group) is 1. The summed E-state index contributed by atoms with van der Waals surface area (Å²) in [6.45, 7) is 2.33. The van der Waals surface area contributed by atoms with Gasteiger partial charge in [-0.05, 0) is 18.9 Å². The molecule has 0 unspecified atom stereocenters. The van der Waals surface area contributed by atoms with Crippen molar-refractivity contribution < 1.29 is 19.0 Å². The van der Waals surface area contributed by atoms with Crippen LogP contribution in [0.3, 0.4) is 0 Å². The van der Waals surface area contributed by atoms with Gasteiger partial charge < -0.3 is 19.1 Å². The van der Waals surface area contributed by atoms with Gasteiger partial charge in [-0.2, -0.15) is 0 Å². The van der Waals surface area contributed by atoms with Crippen molar-refractivity contribution in [3.8, 4) is 5.88 Å². The topological polar surface area (TPSA) is 64.1 Å². The molecule has 25 heavy (non-hydrogen) atoms. The van der Waals surface area contributed by atoms with E-state index in [2.05, 4.69) is 9.88 Å². The molecule has 0 radical (unpaired) electrons. The summed E-state index contributed by atoms with van der Waals surface area (Å²) in [5.74, 6) is 0.627. The Labute approximate surface area is 148 Å². The third kappa shape index (κ3) is 4.11. The Bertz CT molecular complexity index is 595. The molecule has 0 spiro atoms. The lowest BCUT2D eigenvalue weighted by Crippen LogP contribution is -2.42. The Morgan fingerprint density at radius 1 is 1.48 bits per heavy atom. The average molecular weight is 349 g/mol. The Balaban J connectivity index is 1.68. The number of pyridine rings is 1. The van der Waals surface area contributed by atoms with Crippen LogP contribution in [0, 0.1) is 0 Å². The molecule has 138 valence electrons. The molecule has 2 fully saturated rings. The fourth-order valence-corrected chi connectivity index (χ4v) is 3.59. The summed E-state index contributed by atoms with van der Waals surface area (Å²) in [4.78, 5) is 20.0. The molecule has 2 aliphatic heterocycles. The molecule has 1 aromatic heterocycles. The molecule has 7 nitrogen and oxygen atoms in total. The Hall–Kier alpha value is -1.70. The number of carbonyl (C=O) groups excluding carboxylic acids is 1. The minimum absolute atomic E-state index is 0.0198. The molecule has 0 bridgehead atoms. The Morgan fingerprint density at radius 3 is 3.08 bits per heavy atom. The van der Waals surface area contributed by atoms with Gasteiger partial charge in [-0.3, -0.25) is 9.69 Å². The Morgan fingerprint density at radius 2 is 2.32 bits per heavy atom. The predicted molar refractivity (Wildman–Crippen MR) is 92.4 cm³/mol. The minimum atomic E-state index is -0.0862. The van der Waals surface area contributed by atoms with Gasteiger partial charge in [0.2, 0.25) is 11.8 Å². The number of carbonyl (C=O) groups is 1.